The van der Waals surface area contributed by atoms with Gasteiger partial charge in [0.25, 0.3) is 5.91 Å². The Hall–Kier alpha value is -2.39. The fraction of sp³-hybridized carbons (Fsp3) is 0.565. The molecular formula is C23H29F3N4O2. The largest absolute Gasteiger partial charge is 0.416 e. The summed E-state index contributed by atoms with van der Waals surface area (Å²) in [5.74, 6) is 0.210. The van der Waals surface area contributed by atoms with Gasteiger partial charge in [-0.2, -0.15) is 13.2 Å². The highest BCUT2D eigenvalue weighted by molar-refractivity contribution is 5.94. The zero-order chi connectivity index (χ0) is 23.0. The van der Waals surface area contributed by atoms with Gasteiger partial charge in [0, 0.05) is 44.8 Å². The Morgan fingerprint density at radius 2 is 1.75 bits per heavy atom. The molecule has 2 aromatic rings. The molecule has 1 aromatic heterocycles. The first-order valence-corrected chi connectivity index (χ1v) is 11.1. The maximum Gasteiger partial charge on any atom is 0.416 e. The molecule has 0 bridgehead atoms. The van der Waals surface area contributed by atoms with Crippen molar-refractivity contribution in [2.45, 2.75) is 50.9 Å². The molecule has 6 nitrogen and oxygen atoms in total. The smallest absolute Gasteiger partial charge is 0.393 e. The van der Waals surface area contributed by atoms with E-state index >= 15 is 0 Å². The first-order chi connectivity index (χ1) is 15.1. The van der Waals surface area contributed by atoms with Crippen molar-refractivity contribution in [3.8, 4) is 11.4 Å². The number of halogens is 3. The normalized spacial score (nSPS) is 19.5. The van der Waals surface area contributed by atoms with Crippen LogP contribution in [0.3, 0.4) is 0 Å². The van der Waals surface area contributed by atoms with E-state index in [1.54, 1.807) is 24.6 Å². The SMILES string of the molecule is Cc1nc(-c2cccc(C(F)(F)F)c2)n(C)c1C(=O)N1CCC(N2CCC(O)CC2)CC1. The molecule has 0 aliphatic carbocycles. The minimum Gasteiger partial charge on any atom is -0.393 e. The molecule has 1 N–H and O–H groups in total. The molecule has 4 rings (SSSR count). The summed E-state index contributed by atoms with van der Waals surface area (Å²) >= 11 is 0. The molecular weight excluding hydrogens is 421 g/mol. The Bertz CT molecular complexity index is 972. The number of amides is 1. The lowest BCUT2D eigenvalue weighted by Gasteiger charge is -2.41. The van der Waals surface area contributed by atoms with Crippen LogP contribution in [0, 0.1) is 6.92 Å². The summed E-state index contributed by atoms with van der Waals surface area (Å²) in [5.41, 5.74) is 0.514. The van der Waals surface area contributed by atoms with Crippen LogP contribution in [-0.4, -0.2) is 68.7 Å². The number of alkyl halides is 3. The number of aryl methyl sites for hydroxylation is 1. The van der Waals surface area contributed by atoms with Crippen molar-refractivity contribution in [2.75, 3.05) is 26.2 Å². The molecule has 0 spiro atoms. The highest BCUT2D eigenvalue weighted by Gasteiger charge is 2.33. The van der Waals surface area contributed by atoms with Crippen LogP contribution in [0.2, 0.25) is 0 Å². The highest BCUT2D eigenvalue weighted by atomic mass is 19.4. The van der Waals surface area contributed by atoms with E-state index in [4.69, 9.17) is 0 Å². The third-order valence-electron chi connectivity index (χ3n) is 6.69. The molecule has 1 aromatic carbocycles. The molecule has 0 atom stereocenters. The summed E-state index contributed by atoms with van der Waals surface area (Å²) in [7, 11) is 1.68. The zero-order valence-corrected chi connectivity index (χ0v) is 18.4. The molecule has 3 heterocycles. The first kappa shape index (κ1) is 22.8. The van der Waals surface area contributed by atoms with E-state index in [9.17, 15) is 23.1 Å². The maximum atomic E-state index is 13.3. The molecule has 2 aliphatic rings. The summed E-state index contributed by atoms with van der Waals surface area (Å²) < 4.78 is 41.0. The number of aromatic nitrogens is 2. The van der Waals surface area contributed by atoms with Gasteiger partial charge in [0.2, 0.25) is 0 Å². The molecule has 0 saturated carbocycles. The number of rotatable bonds is 3. The maximum absolute atomic E-state index is 13.3. The first-order valence-electron chi connectivity index (χ1n) is 11.1. The molecule has 1 amide bonds. The summed E-state index contributed by atoms with van der Waals surface area (Å²) in [5, 5.41) is 9.71. The highest BCUT2D eigenvalue weighted by Crippen LogP contribution is 2.32. The third kappa shape index (κ3) is 4.54. The Kier molecular flexibility index (Phi) is 6.31. The molecule has 0 radical (unpaired) electrons. The van der Waals surface area contributed by atoms with Gasteiger partial charge in [-0.15, -0.1) is 0 Å². The second-order valence-corrected chi connectivity index (χ2v) is 8.80. The van der Waals surface area contributed by atoms with Gasteiger partial charge in [0.05, 0.1) is 17.4 Å². The van der Waals surface area contributed by atoms with Crippen LogP contribution in [-0.2, 0) is 13.2 Å². The number of benzene rings is 1. The fourth-order valence-corrected chi connectivity index (χ4v) is 4.86. The van der Waals surface area contributed by atoms with E-state index in [0.29, 0.717) is 41.9 Å². The van der Waals surface area contributed by atoms with Crippen molar-refractivity contribution >= 4 is 5.91 Å². The number of aliphatic hydroxyl groups is 1. The molecule has 2 fully saturated rings. The molecule has 0 unspecified atom stereocenters. The predicted molar refractivity (Wildman–Crippen MR) is 114 cm³/mol. The van der Waals surface area contributed by atoms with Crippen LogP contribution >= 0.6 is 0 Å². The van der Waals surface area contributed by atoms with Crippen molar-refractivity contribution in [3.63, 3.8) is 0 Å². The van der Waals surface area contributed by atoms with Crippen LogP contribution in [0.15, 0.2) is 24.3 Å². The lowest BCUT2D eigenvalue weighted by atomic mass is 9.98. The molecule has 32 heavy (non-hydrogen) atoms. The minimum atomic E-state index is -4.44. The van der Waals surface area contributed by atoms with Crippen LogP contribution in [0.25, 0.3) is 11.4 Å². The van der Waals surface area contributed by atoms with Gasteiger partial charge in [-0.1, -0.05) is 12.1 Å². The molecule has 2 aliphatic heterocycles. The summed E-state index contributed by atoms with van der Waals surface area (Å²) in [6, 6.07) is 5.44. The lowest BCUT2D eigenvalue weighted by molar-refractivity contribution is -0.137. The minimum absolute atomic E-state index is 0.136. The van der Waals surface area contributed by atoms with Gasteiger partial charge in [-0.25, -0.2) is 4.98 Å². The number of hydrogen-bond acceptors (Lipinski definition) is 4. The van der Waals surface area contributed by atoms with E-state index in [1.807, 2.05) is 4.90 Å². The van der Waals surface area contributed by atoms with E-state index in [1.165, 1.54) is 6.07 Å². The lowest BCUT2D eigenvalue weighted by Crippen LogP contribution is -2.49. The predicted octanol–water partition coefficient (Wildman–Crippen LogP) is 3.48. The summed E-state index contributed by atoms with van der Waals surface area (Å²) in [6.45, 7) is 4.76. The number of carbonyl (C=O) groups is 1. The number of imidazole rings is 1. The zero-order valence-electron chi connectivity index (χ0n) is 18.4. The number of aliphatic hydroxyl groups excluding tert-OH is 1. The van der Waals surface area contributed by atoms with Gasteiger partial charge in [-0.05, 0) is 44.7 Å². The number of likely N-dealkylation sites (tertiary alicyclic amines) is 2. The Balaban J connectivity index is 1.48. The average molecular weight is 451 g/mol. The number of nitrogens with zero attached hydrogens (tertiary/aromatic N) is 4. The van der Waals surface area contributed by atoms with Crippen molar-refractivity contribution in [1.82, 2.24) is 19.4 Å². The van der Waals surface area contributed by atoms with Crippen LogP contribution in [0.4, 0.5) is 13.2 Å². The molecule has 174 valence electrons. The van der Waals surface area contributed by atoms with Crippen molar-refractivity contribution in [1.29, 1.82) is 0 Å². The second-order valence-electron chi connectivity index (χ2n) is 8.80. The fourth-order valence-electron chi connectivity index (χ4n) is 4.86. The topological polar surface area (TPSA) is 61.6 Å². The van der Waals surface area contributed by atoms with Crippen LogP contribution in [0.5, 0.6) is 0 Å². The number of piperidine rings is 2. The summed E-state index contributed by atoms with van der Waals surface area (Å²) in [4.78, 5) is 21.9. The number of carbonyl (C=O) groups excluding carboxylic acids is 1. The van der Waals surface area contributed by atoms with Crippen LogP contribution in [0.1, 0.15) is 47.4 Å². The monoisotopic (exact) mass is 450 g/mol. The standard InChI is InChI=1S/C23H29F3N4O2/c1-15-20(28(2)21(27-15)16-4-3-5-17(14-16)23(24,25)26)22(32)30-10-6-18(7-11-30)29-12-8-19(31)9-13-29/h3-5,14,18-19,31H,6-13H2,1-2H3. The quantitative estimate of drug-likeness (QED) is 0.778. The van der Waals surface area contributed by atoms with E-state index in [-0.39, 0.29) is 12.0 Å². The third-order valence-corrected chi connectivity index (χ3v) is 6.69. The Morgan fingerprint density at radius 3 is 2.38 bits per heavy atom. The Morgan fingerprint density at radius 1 is 1.09 bits per heavy atom. The number of hydrogen-bond donors (Lipinski definition) is 1. The van der Waals surface area contributed by atoms with Crippen molar-refractivity contribution in [2.24, 2.45) is 7.05 Å². The Labute approximate surface area is 185 Å². The van der Waals surface area contributed by atoms with Gasteiger partial charge in [0.15, 0.2) is 0 Å². The van der Waals surface area contributed by atoms with E-state index in [2.05, 4.69) is 9.88 Å². The van der Waals surface area contributed by atoms with E-state index < -0.39 is 11.7 Å². The van der Waals surface area contributed by atoms with Crippen LogP contribution < -0.4 is 0 Å². The average Bonchev–Trinajstić information content (AvgIpc) is 3.07. The van der Waals surface area contributed by atoms with Gasteiger partial charge >= 0.3 is 6.18 Å². The summed E-state index contributed by atoms with van der Waals surface area (Å²) in [6.07, 6.45) is -1.30. The second kappa shape index (κ2) is 8.86. The van der Waals surface area contributed by atoms with Crippen molar-refractivity contribution in [3.05, 3.63) is 41.2 Å². The van der Waals surface area contributed by atoms with Gasteiger partial charge < -0.3 is 19.5 Å². The van der Waals surface area contributed by atoms with E-state index in [0.717, 1.165) is 50.9 Å². The molecule has 9 heteroatoms. The van der Waals surface area contributed by atoms with Crippen molar-refractivity contribution < 1.29 is 23.1 Å². The molecule has 2 saturated heterocycles. The van der Waals surface area contributed by atoms with Gasteiger partial charge in [-0.3, -0.25) is 4.79 Å². The van der Waals surface area contributed by atoms with Gasteiger partial charge in [0.1, 0.15) is 11.5 Å².